The highest BCUT2D eigenvalue weighted by atomic mass is 16.5. The van der Waals surface area contributed by atoms with Crippen LogP contribution >= 0.6 is 0 Å². The monoisotopic (exact) mass is 549 g/mol. The standard InChI is InChI=1S/C33H31N3O5/c1-36(33-35-28-14-8-9-15-30(28)41-33)20-21-40-25-18-16-23(17-19-25)22-29(32(38)39-2)34-27-13-7-6-12-26(27)31(37)24-10-4-3-5-11-24/h3-19,29,34H,20-22H2,1-2H3/t29-/m0/s1. The predicted molar refractivity (Wildman–Crippen MR) is 159 cm³/mol. The summed E-state index contributed by atoms with van der Waals surface area (Å²) in [6, 6.07) is 31.3. The lowest BCUT2D eigenvalue weighted by atomic mass is 10.00. The normalized spacial score (nSPS) is 11.6. The molecule has 0 saturated heterocycles. The lowest BCUT2D eigenvalue weighted by Crippen LogP contribution is -2.33. The van der Waals surface area contributed by atoms with Crippen LogP contribution in [0, 0.1) is 0 Å². The maximum atomic E-state index is 13.2. The molecule has 0 unspecified atom stereocenters. The first-order chi connectivity index (χ1) is 20.0. The topological polar surface area (TPSA) is 93.9 Å². The van der Waals surface area contributed by atoms with E-state index in [-0.39, 0.29) is 5.78 Å². The highest BCUT2D eigenvalue weighted by Crippen LogP contribution is 2.23. The summed E-state index contributed by atoms with van der Waals surface area (Å²) in [6.07, 6.45) is 0.362. The number of carbonyl (C=O) groups excluding carboxylic acids is 2. The van der Waals surface area contributed by atoms with Crippen molar-refractivity contribution in [3.63, 3.8) is 0 Å². The van der Waals surface area contributed by atoms with Crippen LogP contribution in [0.15, 0.2) is 108 Å². The van der Waals surface area contributed by atoms with E-state index in [1.165, 1.54) is 7.11 Å². The molecular weight excluding hydrogens is 518 g/mol. The van der Waals surface area contributed by atoms with Gasteiger partial charge in [-0.25, -0.2) is 4.79 Å². The number of anilines is 2. The van der Waals surface area contributed by atoms with Crippen molar-refractivity contribution in [2.45, 2.75) is 12.5 Å². The van der Waals surface area contributed by atoms with Gasteiger partial charge in [0.2, 0.25) is 0 Å². The molecule has 1 aromatic heterocycles. The number of nitrogens with zero attached hydrogens (tertiary/aromatic N) is 2. The molecule has 0 aliphatic heterocycles. The quantitative estimate of drug-likeness (QED) is 0.155. The van der Waals surface area contributed by atoms with Gasteiger partial charge in [-0.15, -0.1) is 0 Å². The number of ketones is 1. The lowest BCUT2D eigenvalue weighted by molar-refractivity contribution is -0.141. The predicted octanol–water partition coefficient (Wildman–Crippen LogP) is 5.77. The average Bonchev–Trinajstić information content (AvgIpc) is 3.46. The number of likely N-dealkylation sites (N-methyl/N-ethyl adjacent to an activating group) is 1. The van der Waals surface area contributed by atoms with Gasteiger partial charge in [0, 0.05) is 30.3 Å². The Morgan fingerprint density at radius 3 is 2.37 bits per heavy atom. The van der Waals surface area contributed by atoms with E-state index in [1.807, 2.05) is 84.7 Å². The first kappa shape index (κ1) is 27.5. The number of hydrogen-bond donors (Lipinski definition) is 1. The van der Waals surface area contributed by atoms with Crippen molar-refractivity contribution in [2.75, 3.05) is 37.5 Å². The molecule has 0 amide bonds. The van der Waals surface area contributed by atoms with Crippen molar-refractivity contribution in [1.29, 1.82) is 0 Å². The summed E-state index contributed by atoms with van der Waals surface area (Å²) in [6.45, 7) is 1.02. The van der Waals surface area contributed by atoms with Crippen molar-refractivity contribution in [2.24, 2.45) is 0 Å². The van der Waals surface area contributed by atoms with E-state index in [4.69, 9.17) is 13.9 Å². The number of rotatable bonds is 12. The number of ether oxygens (including phenoxy) is 2. The molecule has 208 valence electrons. The Morgan fingerprint density at radius 1 is 0.902 bits per heavy atom. The second-order valence-electron chi connectivity index (χ2n) is 9.54. The maximum Gasteiger partial charge on any atom is 0.328 e. The fraction of sp³-hybridized carbons (Fsp3) is 0.182. The Balaban J connectivity index is 1.20. The van der Waals surface area contributed by atoms with E-state index < -0.39 is 12.0 Å². The van der Waals surface area contributed by atoms with E-state index >= 15 is 0 Å². The average molecular weight is 550 g/mol. The molecule has 0 radical (unpaired) electrons. The van der Waals surface area contributed by atoms with Gasteiger partial charge in [0.1, 0.15) is 23.9 Å². The summed E-state index contributed by atoms with van der Waals surface area (Å²) in [5, 5.41) is 3.24. The molecule has 5 rings (SSSR count). The number of hydrogen-bond acceptors (Lipinski definition) is 8. The molecule has 0 bridgehead atoms. The van der Waals surface area contributed by atoms with Crippen molar-refractivity contribution >= 4 is 34.6 Å². The number of oxazole rings is 1. The van der Waals surface area contributed by atoms with Gasteiger partial charge in [0.05, 0.1) is 13.7 Å². The second-order valence-corrected chi connectivity index (χ2v) is 9.54. The number of aromatic nitrogens is 1. The van der Waals surface area contributed by atoms with Crippen LogP contribution < -0.4 is 15.0 Å². The minimum absolute atomic E-state index is 0.124. The summed E-state index contributed by atoms with van der Waals surface area (Å²) in [5.74, 6) is 0.163. The molecule has 1 N–H and O–H groups in total. The van der Waals surface area contributed by atoms with E-state index in [9.17, 15) is 9.59 Å². The van der Waals surface area contributed by atoms with Crippen LogP contribution in [0.25, 0.3) is 11.1 Å². The molecule has 5 aromatic rings. The van der Waals surface area contributed by atoms with Gasteiger partial charge in [0.15, 0.2) is 11.4 Å². The third kappa shape index (κ3) is 6.73. The maximum absolute atomic E-state index is 13.2. The van der Waals surface area contributed by atoms with Crippen molar-refractivity contribution in [3.8, 4) is 5.75 Å². The summed E-state index contributed by atoms with van der Waals surface area (Å²) in [5.41, 5.74) is 4.11. The van der Waals surface area contributed by atoms with Crippen LogP contribution in [0.2, 0.25) is 0 Å². The molecule has 0 aliphatic carbocycles. The molecule has 1 atom stereocenters. The van der Waals surface area contributed by atoms with Gasteiger partial charge in [0.25, 0.3) is 6.01 Å². The number of benzene rings is 4. The van der Waals surface area contributed by atoms with Gasteiger partial charge in [-0.05, 0) is 42.0 Å². The van der Waals surface area contributed by atoms with Crippen molar-refractivity contribution < 1.29 is 23.5 Å². The lowest BCUT2D eigenvalue weighted by Gasteiger charge is -2.20. The smallest absolute Gasteiger partial charge is 0.328 e. The van der Waals surface area contributed by atoms with Crippen LogP contribution in [0.1, 0.15) is 21.5 Å². The molecule has 41 heavy (non-hydrogen) atoms. The molecule has 0 fully saturated rings. The van der Waals surface area contributed by atoms with Crippen LogP contribution in [0.4, 0.5) is 11.7 Å². The number of fused-ring (bicyclic) bond motifs is 1. The zero-order chi connectivity index (χ0) is 28.6. The molecular formula is C33H31N3O5. The van der Waals surface area contributed by atoms with E-state index in [1.54, 1.807) is 30.3 Å². The van der Waals surface area contributed by atoms with Crippen LogP contribution in [-0.2, 0) is 16.0 Å². The summed E-state index contributed by atoms with van der Waals surface area (Å²) in [7, 11) is 3.26. The fourth-order valence-corrected chi connectivity index (χ4v) is 4.45. The Morgan fingerprint density at radius 2 is 1.61 bits per heavy atom. The summed E-state index contributed by atoms with van der Waals surface area (Å²) >= 11 is 0. The third-order valence-corrected chi connectivity index (χ3v) is 6.69. The molecule has 0 aliphatic rings. The van der Waals surface area contributed by atoms with Gasteiger partial charge in [-0.1, -0.05) is 66.7 Å². The van der Waals surface area contributed by atoms with Gasteiger partial charge < -0.3 is 24.1 Å². The molecule has 0 spiro atoms. The van der Waals surface area contributed by atoms with Gasteiger partial charge in [-0.2, -0.15) is 4.98 Å². The fourth-order valence-electron chi connectivity index (χ4n) is 4.45. The number of para-hydroxylation sites is 3. The minimum Gasteiger partial charge on any atom is -0.492 e. The van der Waals surface area contributed by atoms with Crippen molar-refractivity contribution in [3.05, 3.63) is 120 Å². The van der Waals surface area contributed by atoms with Crippen molar-refractivity contribution in [1.82, 2.24) is 4.98 Å². The molecule has 0 saturated carbocycles. The zero-order valence-corrected chi connectivity index (χ0v) is 22.9. The zero-order valence-electron chi connectivity index (χ0n) is 22.9. The highest BCUT2D eigenvalue weighted by molar-refractivity contribution is 6.12. The van der Waals surface area contributed by atoms with Crippen LogP contribution in [0.3, 0.4) is 0 Å². The number of nitrogens with one attached hydrogen (secondary N) is 1. The summed E-state index contributed by atoms with van der Waals surface area (Å²) in [4.78, 5) is 32.3. The second kappa shape index (κ2) is 12.8. The highest BCUT2D eigenvalue weighted by Gasteiger charge is 2.22. The van der Waals surface area contributed by atoms with Crippen LogP contribution in [-0.4, -0.2) is 50.1 Å². The molecule has 8 heteroatoms. The first-order valence-electron chi connectivity index (χ1n) is 13.3. The Labute approximate surface area is 238 Å². The Bertz CT molecular complexity index is 1580. The molecule has 4 aromatic carbocycles. The molecule has 1 heterocycles. The van der Waals surface area contributed by atoms with E-state index in [0.29, 0.717) is 48.2 Å². The van der Waals surface area contributed by atoms with Gasteiger partial charge in [-0.3, -0.25) is 4.79 Å². The number of carbonyl (C=O) groups is 2. The number of methoxy groups -OCH3 is 1. The Hall–Kier alpha value is -5.11. The molecule has 8 nitrogen and oxygen atoms in total. The summed E-state index contributed by atoms with van der Waals surface area (Å²) < 4.78 is 16.8. The van der Waals surface area contributed by atoms with E-state index in [2.05, 4.69) is 10.3 Å². The largest absolute Gasteiger partial charge is 0.492 e. The third-order valence-electron chi connectivity index (χ3n) is 6.69. The Kier molecular flexibility index (Phi) is 8.59. The number of esters is 1. The minimum atomic E-state index is -0.693. The van der Waals surface area contributed by atoms with Gasteiger partial charge >= 0.3 is 5.97 Å². The first-order valence-corrected chi connectivity index (χ1v) is 13.3. The van der Waals surface area contributed by atoms with Crippen LogP contribution in [0.5, 0.6) is 5.75 Å². The van der Waals surface area contributed by atoms with E-state index in [0.717, 1.165) is 16.7 Å². The SMILES string of the molecule is COC(=O)[C@H](Cc1ccc(OCCN(C)c2nc3ccccc3o2)cc1)Nc1ccccc1C(=O)c1ccccc1.